The maximum absolute atomic E-state index is 4.97. The van der Waals surface area contributed by atoms with Gasteiger partial charge in [-0.25, -0.2) is 4.98 Å². The molecule has 0 saturated heterocycles. The Hall–Kier alpha value is -0.610. The third kappa shape index (κ3) is 3.53. The van der Waals surface area contributed by atoms with Crippen LogP contribution in [0.2, 0.25) is 0 Å². The van der Waals surface area contributed by atoms with Crippen LogP contribution in [0.3, 0.4) is 0 Å². The van der Waals surface area contributed by atoms with Gasteiger partial charge in [0.15, 0.2) is 5.13 Å². The Bertz CT molecular complexity index is 435. The van der Waals surface area contributed by atoms with Crippen LogP contribution in [0.5, 0.6) is 0 Å². The van der Waals surface area contributed by atoms with Crippen LogP contribution in [-0.4, -0.2) is 24.1 Å². The van der Waals surface area contributed by atoms with E-state index in [9.17, 15) is 0 Å². The van der Waals surface area contributed by atoms with Gasteiger partial charge in [0.05, 0.1) is 5.69 Å². The van der Waals surface area contributed by atoms with Gasteiger partial charge in [-0.2, -0.15) is 0 Å². The average molecular weight is 295 g/mol. The second-order valence-electron chi connectivity index (χ2n) is 6.48. The molecule has 1 N–H and O–H groups in total. The first-order valence-electron chi connectivity index (χ1n) is 7.93. The predicted molar refractivity (Wildman–Crippen MR) is 88.9 cm³/mol. The van der Waals surface area contributed by atoms with Crippen LogP contribution in [0.25, 0.3) is 0 Å². The van der Waals surface area contributed by atoms with E-state index in [1.807, 2.05) is 11.3 Å². The normalized spacial score (nSPS) is 15.7. The Morgan fingerprint density at radius 1 is 1.35 bits per heavy atom. The van der Waals surface area contributed by atoms with E-state index in [0.717, 1.165) is 25.4 Å². The second-order valence-corrected chi connectivity index (χ2v) is 7.54. The number of nitrogens with one attached hydrogen (secondary N) is 1. The third-order valence-corrected chi connectivity index (χ3v) is 5.60. The summed E-state index contributed by atoms with van der Waals surface area (Å²) in [5.74, 6) is 0.733. The summed E-state index contributed by atoms with van der Waals surface area (Å²) >= 11 is 1.88. The van der Waals surface area contributed by atoms with E-state index in [4.69, 9.17) is 4.98 Å². The second kappa shape index (κ2) is 6.44. The predicted octanol–water partition coefficient (Wildman–Crippen LogP) is 4.14. The maximum atomic E-state index is 4.97. The molecule has 1 aromatic heterocycles. The van der Waals surface area contributed by atoms with Crippen LogP contribution in [-0.2, 0) is 6.54 Å². The van der Waals surface area contributed by atoms with Crippen LogP contribution >= 0.6 is 11.3 Å². The monoisotopic (exact) mass is 295 g/mol. The highest BCUT2D eigenvalue weighted by molar-refractivity contribution is 7.15. The molecule has 0 radical (unpaired) electrons. The first-order valence-corrected chi connectivity index (χ1v) is 8.75. The highest BCUT2D eigenvalue weighted by Crippen LogP contribution is 2.44. The molecular formula is C16H29N3S. The molecule has 0 spiro atoms. The molecule has 0 unspecified atom stereocenters. The van der Waals surface area contributed by atoms with Crippen molar-refractivity contribution in [3.05, 3.63) is 10.6 Å². The molecular weight excluding hydrogens is 266 g/mol. The summed E-state index contributed by atoms with van der Waals surface area (Å²) in [5, 5.41) is 4.72. The molecule has 0 amide bonds. The van der Waals surface area contributed by atoms with Crippen LogP contribution < -0.4 is 10.2 Å². The van der Waals surface area contributed by atoms with Crippen molar-refractivity contribution >= 4 is 16.5 Å². The summed E-state index contributed by atoms with van der Waals surface area (Å²) in [6.07, 6.45) is 4.97. The highest BCUT2D eigenvalue weighted by Gasteiger charge is 2.32. The molecule has 3 nitrogen and oxygen atoms in total. The van der Waals surface area contributed by atoms with Gasteiger partial charge in [0.1, 0.15) is 0 Å². The average Bonchev–Trinajstić information content (AvgIpc) is 3.19. The minimum atomic E-state index is 0.173. The van der Waals surface area contributed by atoms with Gasteiger partial charge < -0.3 is 10.2 Å². The van der Waals surface area contributed by atoms with Gasteiger partial charge in [-0.1, -0.05) is 13.8 Å². The molecule has 4 heteroatoms. The van der Waals surface area contributed by atoms with Gasteiger partial charge in [0.25, 0.3) is 0 Å². The van der Waals surface area contributed by atoms with Gasteiger partial charge in [0, 0.05) is 29.9 Å². The molecule has 2 rings (SSSR count). The fourth-order valence-corrected chi connectivity index (χ4v) is 3.41. The number of aromatic nitrogens is 1. The number of nitrogens with zero attached hydrogens (tertiary/aromatic N) is 2. The Labute approximate surface area is 127 Å². The van der Waals surface area contributed by atoms with Gasteiger partial charge in [-0.05, 0) is 46.1 Å². The molecule has 0 bridgehead atoms. The molecule has 1 fully saturated rings. The van der Waals surface area contributed by atoms with E-state index in [-0.39, 0.29) is 5.54 Å². The SMILES string of the molecule is CCCNCc1sc(N(C)C(C)(C)CC)nc1C1CC1. The van der Waals surface area contributed by atoms with Crippen molar-refractivity contribution in [1.29, 1.82) is 0 Å². The fraction of sp³-hybridized carbons (Fsp3) is 0.812. The van der Waals surface area contributed by atoms with Crippen LogP contribution in [0, 0.1) is 0 Å². The summed E-state index contributed by atoms with van der Waals surface area (Å²) < 4.78 is 0. The van der Waals surface area contributed by atoms with Crippen LogP contribution in [0.15, 0.2) is 0 Å². The van der Waals surface area contributed by atoms with Gasteiger partial charge in [0.2, 0.25) is 0 Å². The van der Waals surface area contributed by atoms with Crippen LogP contribution in [0.4, 0.5) is 5.13 Å². The molecule has 0 aliphatic heterocycles. The first-order chi connectivity index (χ1) is 9.49. The lowest BCUT2D eigenvalue weighted by molar-refractivity contribution is 0.470. The van der Waals surface area contributed by atoms with Gasteiger partial charge in [-0.3, -0.25) is 0 Å². The molecule has 0 aromatic carbocycles. The lowest BCUT2D eigenvalue weighted by Crippen LogP contribution is -2.40. The summed E-state index contributed by atoms with van der Waals surface area (Å²) in [6.45, 7) is 11.1. The van der Waals surface area contributed by atoms with Gasteiger partial charge in [-0.15, -0.1) is 11.3 Å². The molecule has 0 atom stereocenters. The molecule has 1 aliphatic carbocycles. The van der Waals surface area contributed by atoms with E-state index in [0.29, 0.717) is 0 Å². The van der Waals surface area contributed by atoms with Crippen molar-refractivity contribution in [2.75, 3.05) is 18.5 Å². The minimum Gasteiger partial charge on any atom is -0.346 e. The molecule has 1 heterocycles. The number of thiazole rings is 1. The Balaban J connectivity index is 2.16. The van der Waals surface area contributed by atoms with E-state index >= 15 is 0 Å². The van der Waals surface area contributed by atoms with E-state index < -0.39 is 0 Å². The fourth-order valence-electron chi connectivity index (χ4n) is 2.17. The van der Waals surface area contributed by atoms with Crippen LogP contribution in [0.1, 0.15) is 69.9 Å². The maximum Gasteiger partial charge on any atom is 0.186 e. The number of hydrogen-bond acceptors (Lipinski definition) is 4. The summed E-state index contributed by atoms with van der Waals surface area (Å²) in [5.41, 5.74) is 1.54. The lowest BCUT2D eigenvalue weighted by Gasteiger charge is -2.34. The first kappa shape index (κ1) is 15.8. The lowest BCUT2D eigenvalue weighted by atomic mass is 10.0. The summed E-state index contributed by atoms with van der Waals surface area (Å²) in [7, 11) is 2.18. The molecule has 1 aliphatic rings. The largest absolute Gasteiger partial charge is 0.346 e. The standard InChI is InChI=1S/C16H29N3S/c1-6-10-17-11-13-14(12-8-9-12)18-15(20-13)19(5)16(3,4)7-2/h12,17H,6-11H2,1-5H3. The van der Waals surface area contributed by atoms with E-state index in [2.05, 4.69) is 45.0 Å². The van der Waals surface area contributed by atoms with Crippen molar-refractivity contribution in [3.63, 3.8) is 0 Å². The van der Waals surface area contributed by atoms with E-state index in [1.54, 1.807) is 0 Å². The molecule has 1 saturated carbocycles. The van der Waals surface area contributed by atoms with Crippen molar-refractivity contribution in [2.24, 2.45) is 0 Å². The third-order valence-electron chi connectivity index (χ3n) is 4.45. The van der Waals surface area contributed by atoms with Crippen molar-refractivity contribution in [1.82, 2.24) is 10.3 Å². The Morgan fingerprint density at radius 3 is 2.60 bits per heavy atom. The topological polar surface area (TPSA) is 28.2 Å². The Morgan fingerprint density at radius 2 is 2.05 bits per heavy atom. The number of anilines is 1. The number of hydrogen-bond donors (Lipinski definition) is 1. The van der Waals surface area contributed by atoms with Crippen molar-refractivity contribution in [2.45, 2.75) is 71.4 Å². The number of rotatable bonds is 8. The van der Waals surface area contributed by atoms with Gasteiger partial charge >= 0.3 is 0 Å². The summed E-state index contributed by atoms with van der Waals surface area (Å²) in [4.78, 5) is 8.78. The smallest absolute Gasteiger partial charge is 0.186 e. The van der Waals surface area contributed by atoms with E-state index in [1.165, 1.54) is 35.0 Å². The quantitative estimate of drug-likeness (QED) is 0.730. The van der Waals surface area contributed by atoms with Crippen molar-refractivity contribution in [3.8, 4) is 0 Å². The zero-order valence-electron chi connectivity index (χ0n) is 13.6. The Kier molecular flexibility index (Phi) is 5.08. The highest BCUT2D eigenvalue weighted by atomic mass is 32.1. The van der Waals surface area contributed by atoms with Crippen molar-refractivity contribution < 1.29 is 0 Å². The summed E-state index contributed by atoms with van der Waals surface area (Å²) in [6, 6.07) is 0. The molecule has 114 valence electrons. The zero-order chi connectivity index (χ0) is 14.8. The minimum absolute atomic E-state index is 0.173. The zero-order valence-corrected chi connectivity index (χ0v) is 14.4. The molecule has 20 heavy (non-hydrogen) atoms. The molecule has 1 aromatic rings.